The number of nitrogens with one attached hydrogen (secondary N) is 1. The first-order valence-corrected chi connectivity index (χ1v) is 4.92. The van der Waals surface area contributed by atoms with Crippen LogP contribution in [0.5, 0.6) is 0 Å². The second-order valence-electron chi connectivity index (χ2n) is 3.68. The van der Waals surface area contributed by atoms with E-state index in [4.69, 9.17) is 5.73 Å². The van der Waals surface area contributed by atoms with Gasteiger partial charge < -0.3 is 11.1 Å². The van der Waals surface area contributed by atoms with Crippen molar-refractivity contribution in [3.8, 4) is 0 Å². The largest absolute Gasteiger partial charge is 0.368 e. The molecule has 1 aliphatic rings. The molecule has 0 bridgehead atoms. The molecule has 0 aromatic heterocycles. The molecule has 2 atom stereocenters. The summed E-state index contributed by atoms with van der Waals surface area (Å²) in [5, 5.41) is 3.34. The van der Waals surface area contributed by atoms with E-state index in [0.29, 0.717) is 6.04 Å². The van der Waals surface area contributed by atoms with Crippen molar-refractivity contribution in [3.05, 3.63) is 0 Å². The highest BCUT2D eigenvalue weighted by Crippen LogP contribution is 2.07. The second kappa shape index (κ2) is 4.58. The molecule has 76 valence electrons. The Morgan fingerprint density at radius 3 is 2.92 bits per heavy atom. The molecule has 0 aromatic rings. The van der Waals surface area contributed by atoms with Gasteiger partial charge in [-0.15, -0.1) is 0 Å². The number of nitrogens with zero attached hydrogens (tertiary/aromatic N) is 1. The highest BCUT2D eigenvalue weighted by molar-refractivity contribution is 5.79. The van der Waals surface area contributed by atoms with E-state index in [1.807, 2.05) is 6.92 Å². The Morgan fingerprint density at radius 2 is 2.46 bits per heavy atom. The summed E-state index contributed by atoms with van der Waals surface area (Å²) in [5.74, 6) is -0.198. The average molecular weight is 185 g/mol. The number of amides is 1. The molecule has 1 fully saturated rings. The van der Waals surface area contributed by atoms with Crippen LogP contribution in [-0.4, -0.2) is 42.5 Å². The summed E-state index contributed by atoms with van der Waals surface area (Å²) in [7, 11) is 0. The number of carbonyl (C=O) groups excluding carboxylic acids is 1. The van der Waals surface area contributed by atoms with Crippen molar-refractivity contribution in [2.75, 3.05) is 19.6 Å². The topological polar surface area (TPSA) is 58.4 Å². The summed E-state index contributed by atoms with van der Waals surface area (Å²) in [6, 6.07) is 0.381. The first-order chi connectivity index (χ1) is 6.15. The lowest BCUT2D eigenvalue weighted by atomic mass is 10.1. The lowest BCUT2D eigenvalue weighted by molar-refractivity contribution is -0.123. The van der Waals surface area contributed by atoms with Gasteiger partial charge in [-0.1, -0.05) is 6.92 Å². The van der Waals surface area contributed by atoms with Crippen molar-refractivity contribution in [2.45, 2.75) is 32.4 Å². The summed E-state index contributed by atoms with van der Waals surface area (Å²) in [6.45, 7) is 6.92. The number of hydrogen-bond acceptors (Lipinski definition) is 3. The highest BCUT2D eigenvalue weighted by atomic mass is 16.1. The molecule has 0 aliphatic carbocycles. The normalized spacial score (nSPS) is 27.1. The summed E-state index contributed by atoms with van der Waals surface area (Å²) in [6.07, 6.45) is 0.808. The molecule has 0 saturated carbocycles. The van der Waals surface area contributed by atoms with Gasteiger partial charge in [0.05, 0.1) is 6.04 Å². The Morgan fingerprint density at radius 1 is 1.77 bits per heavy atom. The van der Waals surface area contributed by atoms with E-state index in [0.717, 1.165) is 26.1 Å². The zero-order chi connectivity index (χ0) is 9.84. The maximum Gasteiger partial charge on any atom is 0.234 e. The molecule has 4 nitrogen and oxygen atoms in total. The number of nitrogens with two attached hydrogens (primary N) is 1. The molecule has 1 heterocycles. The van der Waals surface area contributed by atoms with Crippen molar-refractivity contribution in [1.29, 1.82) is 0 Å². The molecule has 1 amide bonds. The lowest BCUT2D eigenvalue weighted by Gasteiger charge is -2.35. The number of carbonyl (C=O) groups is 1. The molecule has 13 heavy (non-hydrogen) atoms. The standard InChI is InChI=1S/C9H19N3O/c1-3-8(9(10)13)12-5-4-11-7(2)6-12/h7-8,11H,3-6H2,1-2H3,(H2,10,13)/t7-,8?/m1/s1. The number of piperazine rings is 1. The Hall–Kier alpha value is -0.610. The highest BCUT2D eigenvalue weighted by Gasteiger charge is 2.25. The van der Waals surface area contributed by atoms with Crippen molar-refractivity contribution < 1.29 is 4.79 Å². The minimum absolute atomic E-state index is 0.0791. The minimum atomic E-state index is -0.198. The van der Waals surface area contributed by atoms with Gasteiger partial charge in [0.2, 0.25) is 5.91 Å². The maximum absolute atomic E-state index is 11.1. The van der Waals surface area contributed by atoms with Gasteiger partial charge in [-0.3, -0.25) is 9.69 Å². The van der Waals surface area contributed by atoms with Crippen LogP contribution < -0.4 is 11.1 Å². The fourth-order valence-electron chi connectivity index (χ4n) is 1.88. The molecule has 0 radical (unpaired) electrons. The van der Waals surface area contributed by atoms with Gasteiger partial charge in [0.1, 0.15) is 0 Å². The van der Waals surface area contributed by atoms with E-state index in [1.54, 1.807) is 0 Å². The van der Waals surface area contributed by atoms with Gasteiger partial charge in [-0.25, -0.2) is 0 Å². The first kappa shape index (κ1) is 10.5. The molecule has 0 spiro atoms. The van der Waals surface area contributed by atoms with Crippen molar-refractivity contribution in [1.82, 2.24) is 10.2 Å². The van der Waals surface area contributed by atoms with E-state index in [1.165, 1.54) is 0 Å². The van der Waals surface area contributed by atoms with Crippen LogP contribution in [0.1, 0.15) is 20.3 Å². The Kier molecular flexibility index (Phi) is 3.69. The lowest BCUT2D eigenvalue weighted by Crippen LogP contribution is -2.55. The van der Waals surface area contributed by atoms with Crippen LogP contribution >= 0.6 is 0 Å². The molecule has 1 aliphatic heterocycles. The van der Waals surface area contributed by atoms with E-state index in [-0.39, 0.29) is 11.9 Å². The third-order valence-electron chi connectivity index (χ3n) is 2.56. The first-order valence-electron chi connectivity index (χ1n) is 4.92. The Balaban J connectivity index is 2.52. The van der Waals surface area contributed by atoms with E-state index in [2.05, 4.69) is 17.1 Å². The third kappa shape index (κ3) is 2.67. The van der Waals surface area contributed by atoms with Crippen molar-refractivity contribution in [2.24, 2.45) is 5.73 Å². The zero-order valence-electron chi connectivity index (χ0n) is 8.42. The van der Waals surface area contributed by atoms with Gasteiger partial charge in [-0.2, -0.15) is 0 Å². The molecular formula is C9H19N3O. The maximum atomic E-state index is 11.1. The summed E-state index contributed by atoms with van der Waals surface area (Å²) < 4.78 is 0. The van der Waals surface area contributed by atoms with E-state index < -0.39 is 0 Å². The van der Waals surface area contributed by atoms with Gasteiger partial charge in [0, 0.05) is 25.7 Å². The van der Waals surface area contributed by atoms with Crippen LogP contribution in [0.3, 0.4) is 0 Å². The summed E-state index contributed by atoms with van der Waals surface area (Å²) >= 11 is 0. The molecule has 0 aromatic carbocycles. The predicted octanol–water partition coefficient (Wildman–Crippen LogP) is -0.456. The van der Waals surface area contributed by atoms with Gasteiger partial charge in [-0.05, 0) is 13.3 Å². The van der Waals surface area contributed by atoms with Gasteiger partial charge in [0.25, 0.3) is 0 Å². The molecule has 1 unspecified atom stereocenters. The van der Waals surface area contributed by atoms with Crippen LogP contribution in [0, 0.1) is 0 Å². The fraction of sp³-hybridized carbons (Fsp3) is 0.889. The quantitative estimate of drug-likeness (QED) is 0.626. The molecular weight excluding hydrogens is 166 g/mol. The van der Waals surface area contributed by atoms with Crippen molar-refractivity contribution in [3.63, 3.8) is 0 Å². The van der Waals surface area contributed by atoms with E-state index in [9.17, 15) is 4.79 Å². The third-order valence-corrected chi connectivity index (χ3v) is 2.56. The van der Waals surface area contributed by atoms with Crippen LogP contribution in [0.4, 0.5) is 0 Å². The van der Waals surface area contributed by atoms with Crippen LogP contribution in [0.25, 0.3) is 0 Å². The second-order valence-corrected chi connectivity index (χ2v) is 3.68. The molecule has 1 saturated heterocycles. The smallest absolute Gasteiger partial charge is 0.234 e. The monoisotopic (exact) mass is 185 g/mol. The summed E-state index contributed by atoms with van der Waals surface area (Å²) in [4.78, 5) is 13.3. The van der Waals surface area contributed by atoms with Crippen molar-refractivity contribution >= 4 is 5.91 Å². The van der Waals surface area contributed by atoms with Gasteiger partial charge in [0.15, 0.2) is 0 Å². The fourth-order valence-corrected chi connectivity index (χ4v) is 1.88. The van der Waals surface area contributed by atoms with Crippen LogP contribution in [0.2, 0.25) is 0 Å². The number of hydrogen-bond donors (Lipinski definition) is 2. The molecule has 1 rings (SSSR count). The minimum Gasteiger partial charge on any atom is -0.368 e. The predicted molar refractivity (Wildman–Crippen MR) is 52.3 cm³/mol. The summed E-state index contributed by atoms with van der Waals surface area (Å²) in [5.41, 5.74) is 5.32. The SMILES string of the molecule is CCC(C(N)=O)N1CCN[C@H](C)C1. The van der Waals surface area contributed by atoms with Gasteiger partial charge >= 0.3 is 0 Å². The Labute approximate surface area is 79.5 Å². The molecule has 3 N–H and O–H groups in total. The van der Waals surface area contributed by atoms with E-state index >= 15 is 0 Å². The van der Waals surface area contributed by atoms with Crippen LogP contribution in [-0.2, 0) is 4.79 Å². The number of primary amides is 1. The number of rotatable bonds is 3. The van der Waals surface area contributed by atoms with Crippen LogP contribution in [0.15, 0.2) is 0 Å². The molecule has 4 heteroatoms. The Bertz CT molecular complexity index is 184. The average Bonchev–Trinajstić information content (AvgIpc) is 2.04. The zero-order valence-corrected chi connectivity index (χ0v) is 8.42.